The Labute approximate surface area is 80.9 Å². The first kappa shape index (κ1) is 9.01. The quantitative estimate of drug-likeness (QED) is 0.592. The molecule has 1 aliphatic heterocycles. The van der Waals surface area contributed by atoms with Gasteiger partial charge in [-0.25, -0.2) is 0 Å². The number of β-amino-alcohol motifs (C(OH)–C–C–N with tert-alkyl or cyclic N) is 1. The molecule has 1 aliphatic rings. The Kier molecular flexibility index (Phi) is 1.92. The number of aryl methyl sites for hydroxylation is 1. The normalized spacial score (nSPS) is 16.9. The lowest BCUT2D eigenvalue weighted by Crippen LogP contribution is -2.53. The second-order valence-electron chi connectivity index (χ2n) is 3.44. The maximum atomic E-state index is 11.7. The van der Waals surface area contributed by atoms with Gasteiger partial charge in [0.1, 0.15) is 5.69 Å². The average Bonchev–Trinajstić information content (AvgIpc) is 2.40. The van der Waals surface area contributed by atoms with Crippen LogP contribution in [0.3, 0.4) is 0 Å². The minimum Gasteiger partial charge on any atom is -0.396 e. The summed E-state index contributed by atoms with van der Waals surface area (Å²) in [6.45, 7) is 0.757. The summed E-state index contributed by atoms with van der Waals surface area (Å²) in [5, 5.41) is 12.9. The van der Waals surface area contributed by atoms with Gasteiger partial charge in [-0.15, -0.1) is 0 Å². The standard InChI is InChI=1S/C8H12N4O2/c1-11-7(6(9)2-10-11)8(14)12-3-5(13)4-12/h2,5,13H,3-4,9H2,1H3. The van der Waals surface area contributed by atoms with E-state index in [1.807, 2.05) is 0 Å². The molecule has 3 N–H and O–H groups in total. The summed E-state index contributed by atoms with van der Waals surface area (Å²) in [4.78, 5) is 13.3. The third kappa shape index (κ3) is 1.24. The van der Waals surface area contributed by atoms with Crippen molar-refractivity contribution < 1.29 is 9.90 Å². The molecule has 0 radical (unpaired) electrons. The number of rotatable bonds is 1. The van der Waals surface area contributed by atoms with Crippen molar-refractivity contribution in [2.75, 3.05) is 18.8 Å². The molecule has 1 fully saturated rings. The van der Waals surface area contributed by atoms with E-state index in [2.05, 4.69) is 5.10 Å². The monoisotopic (exact) mass is 196 g/mol. The van der Waals surface area contributed by atoms with E-state index in [1.54, 1.807) is 7.05 Å². The lowest BCUT2D eigenvalue weighted by Gasteiger charge is -2.35. The fourth-order valence-corrected chi connectivity index (χ4v) is 1.49. The molecule has 0 aromatic carbocycles. The second-order valence-corrected chi connectivity index (χ2v) is 3.44. The van der Waals surface area contributed by atoms with Crippen LogP contribution in [0.1, 0.15) is 10.5 Å². The van der Waals surface area contributed by atoms with Crippen LogP contribution < -0.4 is 5.73 Å². The molecule has 76 valence electrons. The number of amides is 1. The molecule has 2 heterocycles. The Hall–Kier alpha value is -1.56. The highest BCUT2D eigenvalue weighted by molar-refractivity contribution is 5.97. The summed E-state index contributed by atoms with van der Waals surface area (Å²) in [7, 11) is 1.67. The van der Waals surface area contributed by atoms with E-state index in [-0.39, 0.29) is 5.91 Å². The number of carbonyl (C=O) groups is 1. The molecule has 0 spiro atoms. The lowest BCUT2D eigenvalue weighted by molar-refractivity contribution is 0.00524. The molecule has 0 bridgehead atoms. The molecule has 1 aromatic rings. The van der Waals surface area contributed by atoms with E-state index in [4.69, 9.17) is 10.8 Å². The zero-order chi connectivity index (χ0) is 10.3. The smallest absolute Gasteiger partial charge is 0.274 e. The van der Waals surface area contributed by atoms with Gasteiger partial charge < -0.3 is 15.7 Å². The second kappa shape index (κ2) is 2.98. The van der Waals surface area contributed by atoms with Gasteiger partial charge in [0, 0.05) is 20.1 Å². The number of aromatic nitrogens is 2. The van der Waals surface area contributed by atoms with Crippen LogP contribution in [0, 0.1) is 0 Å². The highest BCUT2D eigenvalue weighted by atomic mass is 16.3. The van der Waals surface area contributed by atoms with Gasteiger partial charge >= 0.3 is 0 Å². The van der Waals surface area contributed by atoms with Crippen molar-refractivity contribution in [2.45, 2.75) is 6.10 Å². The number of anilines is 1. The Morgan fingerprint density at radius 1 is 1.71 bits per heavy atom. The third-order valence-corrected chi connectivity index (χ3v) is 2.32. The first-order valence-electron chi connectivity index (χ1n) is 4.34. The van der Waals surface area contributed by atoms with E-state index in [0.717, 1.165) is 0 Å². The van der Waals surface area contributed by atoms with Gasteiger partial charge in [0.2, 0.25) is 0 Å². The number of aliphatic hydroxyl groups excluding tert-OH is 1. The van der Waals surface area contributed by atoms with E-state index in [9.17, 15) is 4.79 Å². The van der Waals surface area contributed by atoms with E-state index in [0.29, 0.717) is 24.5 Å². The minimum atomic E-state index is -0.395. The van der Waals surface area contributed by atoms with Crippen molar-refractivity contribution in [1.29, 1.82) is 0 Å². The van der Waals surface area contributed by atoms with E-state index >= 15 is 0 Å². The maximum absolute atomic E-state index is 11.7. The molecule has 2 rings (SSSR count). The first-order valence-corrected chi connectivity index (χ1v) is 4.34. The van der Waals surface area contributed by atoms with E-state index in [1.165, 1.54) is 15.8 Å². The Balaban J connectivity index is 2.19. The molecular weight excluding hydrogens is 184 g/mol. The summed E-state index contributed by atoms with van der Waals surface area (Å²) >= 11 is 0. The number of carbonyl (C=O) groups excluding carboxylic acids is 1. The summed E-state index contributed by atoms with van der Waals surface area (Å²) in [5.41, 5.74) is 6.36. The number of nitrogens with zero attached hydrogens (tertiary/aromatic N) is 3. The van der Waals surface area contributed by atoms with Crippen LogP contribution >= 0.6 is 0 Å². The molecular formula is C8H12N4O2. The summed E-state index contributed by atoms with van der Waals surface area (Å²) < 4.78 is 1.45. The van der Waals surface area contributed by atoms with Crippen LogP contribution in [0.25, 0.3) is 0 Å². The van der Waals surface area contributed by atoms with Gasteiger partial charge in [0.15, 0.2) is 0 Å². The summed E-state index contributed by atoms with van der Waals surface area (Å²) in [5.74, 6) is -0.173. The van der Waals surface area contributed by atoms with Crippen LogP contribution in [-0.2, 0) is 7.05 Å². The predicted octanol–water partition coefficient (Wildman–Crippen LogP) is -1.18. The Morgan fingerprint density at radius 3 is 2.79 bits per heavy atom. The van der Waals surface area contributed by atoms with Crippen molar-refractivity contribution in [2.24, 2.45) is 7.05 Å². The highest BCUT2D eigenvalue weighted by Crippen LogP contribution is 2.16. The molecule has 14 heavy (non-hydrogen) atoms. The maximum Gasteiger partial charge on any atom is 0.274 e. The zero-order valence-corrected chi connectivity index (χ0v) is 7.84. The van der Waals surface area contributed by atoms with Crippen LogP contribution in [-0.4, -0.2) is 44.9 Å². The Bertz CT molecular complexity index is 348. The number of nitrogens with two attached hydrogens (primary N) is 1. The molecule has 0 saturated carbocycles. The van der Waals surface area contributed by atoms with Crippen LogP contribution in [0.2, 0.25) is 0 Å². The van der Waals surface area contributed by atoms with Crippen molar-refractivity contribution in [3.05, 3.63) is 11.9 Å². The zero-order valence-electron chi connectivity index (χ0n) is 7.84. The SMILES string of the molecule is Cn1ncc(N)c1C(=O)N1CC(O)C1. The fourth-order valence-electron chi connectivity index (χ4n) is 1.49. The molecule has 1 saturated heterocycles. The van der Waals surface area contributed by atoms with Crippen molar-refractivity contribution in [3.63, 3.8) is 0 Å². The van der Waals surface area contributed by atoms with Crippen molar-refractivity contribution in [3.8, 4) is 0 Å². The van der Waals surface area contributed by atoms with Gasteiger partial charge in [-0.05, 0) is 0 Å². The summed E-state index contributed by atoms with van der Waals surface area (Å²) in [6, 6.07) is 0. The van der Waals surface area contributed by atoms with Crippen molar-refractivity contribution >= 4 is 11.6 Å². The highest BCUT2D eigenvalue weighted by Gasteiger charge is 2.31. The van der Waals surface area contributed by atoms with Crippen LogP contribution in [0.15, 0.2) is 6.20 Å². The molecule has 0 unspecified atom stereocenters. The summed E-state index contributed by atoms with van der Waals surface area (Å²) in [6.07, 6.45) is 1.05. The number of nitrogen functional groups attached to an aromatic ring is 1. The van der Waals surface area contributed by atoms with Gasteiger partial charge in [-0.2, -0.15) is 5.10 Å². The largest absolute Gasteiger partial charge is 0.396 e. The topological polar surface area (TPSA) is 84.4 Å². The number of aliphatic hydroxyl groups is 1. The van der Waals surface area contributed by atoms with E-state index < -0.39 is 6.10 Å². The van der Waals surface area contributed by atoms with Crippen LogP contribution in [0.4, 0.5) is 5.69 Å². The molecule has 1 aromatic heterocycles. The molecule has 6 nitrogen and oxygen atoms in total. The molecule has 0 atom stereocenters. The lowest BCUT2D eigenvalue weighted by atomic mass is 10.1. The van der Waals surface area contributed by atoms with Crippen molar-refractivity contribution in [1.82, 2.24) is 14.7 Å². The average molecular weight is 196 g/mol. The minimum absolute atomic E-state index is 0.173. The number of hydrogen-bond acceptors (Lipinski definition) is 4. The molecule has 6 heteroatoms. The number of likely N-dealkylation sites (tertiary alicyclic amines) is 1. The third-order valence-electron chi connectivity index (χ3n) is 2.32. The van der Waals surface area contributed by atoms with Gasteiger partial charge in [-0.3, -0.25) is 9.48 Å². The predicted molar refractivity (Wildman–Crippen MR) is 49.5 cm³/mol. The number of hydrogen-bond donors (Lipinski definition) is 2. The molecule has 0 aliphatic carbocycles. The Morgan fingerprint density at radius 2 is 2.36 bits per heavy atom. The van der Waals surface area contributed by atoms with Gasteiger partial charge in [0.25, 0.3) is 5.91 Å². The van der Waals surface area contributed by atoms with Crippen LogP contribution in [0.5, 0.6) is 0 Å². The van der Waals surface area contributed by atoms with Gasteiger partial charge in [0.05, 0.1) is 18.0 Å². The first-order chi connectivity index (χ1) is 6.59. The van der Waals surface area contributed by atoms with Gasteiger partial charge in [-0.1, -0.05) is 0 Å². The fraction of sp³-hybridized carbons (Fsp3) is 0.500. The molecule has 1 amide bonds.